The van der Waals surface area contributed by atoms with Crippen molar-refractivity contribution in [3.8, 4) is 0 Å². The number of rotatable bonds is 2. The van der Waals surface area contributed by atoms with Crippen LogP contribution in [0.1, 0.15) is 52.4 Å². The number of likely N-dealkylation sites (tertiary alicyclic amines) is 1. The van der Waals surface area contributed by atoms with Gasteiger partial charge in [0.1, 0.15) is 0 Å². The first-order chi connectivity index (χ1) is 9.50. The lowest BCUT2D eigenvalue weighted by molar-refractivity contribution is -0.142. The third-order valence-corrected chi connectivity index (χ3v) is 5.00. The van der Waals surface area contributed by atoms with Crippen LogP contribution in [-0.4, -0.2) is 40.6 Å². The minimum absolute atomic E-state index is 0.0833. The van der Waals surface area contributed by atoms with Gasteiger partial charge in [0.2, 0.25) is 0 Å². The van der Waals surface area contributed by atoms with E-state index in [1.165, 1.54) is 19.3 Å². The zero-order valence-corrected chi connectivity index (χ0v) is 12.5. The first-order valence-electron chi connectivity index (χ1n) is 7.80. The lowest BCUT2D eigenvalue weighted by Gasteiger charge is -2.29. The first kappa shape index (κ1) is 15.1. The monoisotopic (exact) mass is 282 g/mol. The molecule has 1 aliphatic carbocycles. The third kappa shape index (κ3) is 3.25. The van der Waals surface area contributed by atoms with E-state index in [4.69, 9.17) is 5.11 Å². The summed E-state index contributed by atoms with van der Waals surface area (Å²) in [6.07, 6.45) is 6.43. The maximum absolute atomic E-state index is 12.4. The minimum Gasteiger partial charge on any atom is -0.481 e. The number of nitrogens with zero attached hydrogens (tertiary/aromatic N) is 1. The van der Waals surface area contributed by atoms with Gasteiger partial charge in [-0.2, -0.15) is 0 Å². The van der Waals surface area contributed by atoms with Crippen LogP contribution in [0.3, 0.4) is 0 Å². The molecule has 1 heterocycles. The fraction of sp³-hybridized carbons (Fsp3) is 0.867. The van der Waals surface area contributed by atoms with Gasteiger partial charge in [-0.3, -0.25) is 4.79 Å². The summed E-state index contributed by atoms with van der Waals surface area (Å²) in [5.74, 6) is -0.711. The van der Waals surface area contributed by atoms with E-state index in [2.05, 4.69) is 12.2 Å². The van der Waals surface area contributed by atoms with Gasteiger partial charge in [0.15, 0.2) is 0 Å². The van der Waals surface area contributed by atoms with E-state index in [-0.39, 0.29) is 18.1 Å². The largest absolute Gasteiger partial charge is 0.481 e. The van der Waals surface area contributed by atoms with E-state index < -0.39 is 11.9 Å². The molecule has 2 rings (SSSR count). The highest BCUT2D eigenvalue weighted by molar-refractivity contribution is 5.78. The normalized spacial score (nSPS) is 34.6. The number of carbonyl (C=O) groups excluding carboxylic acids is 1. The Hall–Kier alpha value is -1.26. The van der Waals surface area contributed by atoms with Crippen molar-refractivity contribution in [1.82, 2.24) is 10.2 Å². The molecule has 4 unspecified atom stereocenters. The van der Waals surface area contributed by atoms with Crippen molar-refractivity contribution in [2.45, 2.75) is 64.5 Å². The molecular formula is C15H26N2O3. The molecule has 114 valence electrons. The van der Waals surface area contributed by atoms with Crippen molar-refractivity contribution >= 4 is 12.0 Å². The van der Waals surface area contributed by atoms with Gasteiger partial charge in [0.25, 0.3) is 0 Å². The van der Waals surface area contributed by atoms with E-state index in [1.54, 1.807) is 4.90 Å². The van der Waals surface area contributed by atoms with Crippen LogP contribution >= 0.6 is 0 Å². The molecule has 4 atom stereocenters. The van der Waals surface area contributed by atoms with E-state index in [9.17, 15) is 9.59 Å². The summed E-state index contributed by atoms with van der Waals surface area (Å²) in [7, 11) is 0. The van der Waals surface area contributed by atoms with Gasteiger partial charge in [-0.15, -0.1) is 0 Å². The summed E-state index contributed by atoms with van der Waals surface area (Å²) < 4.78 is 0. The van der Waals surface area contributed by atoms with E-state index in [0.29, 0.717) is 18.9 Å². The first-order valence-corrected chi connectivity index (χ1v) is 7.80. The highest BCUT2D eigenvalue weighted by atomic mass is 16.4. The predicted octanol–water partition coefficient (Wildman–Crippen LogP) is 2.46. The predicted molar refractivity (Wildman–Crippen MR) is 76.5 cm³/mol. The van der Waals surface area contributed by atoms with Crippen LogP contribution in [0.4, 0.5) is 4.79 Å². The minimum atomic E-state index is -0.796. The van der Waals surface area contributed by atoms with Crippen LogP contribution in [0.2, 0.25) is 0 Å². The summed E-state index contributed by atoms with van der Waals surface area (Å²) in [4.78, 5) is 25.2. The van der Waals surface area contributed by atoms with E-state index in [1.807, 2.05) is 6.92 Å². The number of urea groups is 1. The van der Waals surface area contributed by atoms with Crippen molar-refractivity contribution in [3.05, 3.63) is 0 Å². The Morgan fingerprint density at radius 1 is 1.10 bits per heavy atom. The van der Waals surface area contributed by atoms with Gasteiger partial charge in [-0.1, -0.05) is 26.2 Å². The molecule has 2 N–H and O–H groups in total. The van der Waals surface area contributed by atoms with Gasteiger partial charge in [0, 0.05) is 18.6 Å². The molecule has 5 nitrogen and oxygen atoms in total. The van der Waals surface area contributed by atoms with E-state index >= 15 is 0 Å². The molecule has 0 aromatic carbocycles. The molecule has 0 bridgehead atoms. The molecule has 0 aromatic heterocycles. The summed E-state index contributed by atoms with van der Waals surface area (Å²) in [6, 6.07) is -0.0605. The molecule has 2 fully saturated rings. The zero-order valence-electron chi connectivity index (χ0n) is 12.5. The molecule has 0 radical (unpaired) electrons. The van der Waals surface area contributed by atoms with Crippen molar-refractivity contribution in [2.75, 3.05) is 6.54 Å². The van der Waals surface area contributed by atoms with Crippen LogP contribution in [0.15, 0.2) is 0 Å². The van der Waals surface area contributed by atoms with E-state index in [0.717, 1.165) is 12.8 Å². The Bertz CT molecular complexity index is 372. The molecule has 2 amide bonds. The molecule has 0 spiro atoms. The number of carboxylic acid groups (broad SMARTS) is 1. The maximum Gasteiger partial charge on any atom is 0.317 e. The molecule has 1 aliphatic heterocycles. The summed E-state index contributed by atoms with van der Waals surface area (Å²) in [5.41, 5.74) is 0. The third-order valence-electron chi connectivity index (χ3n) is 5.00. The second kappa shape index (κ2) is 6.46. The lowest BCUT2D eigenvalue weighted by atomic mass is 9.97. The Morgan fingerprint density at radius 3 is 2.45 bits per heavy atom. The van der Waals surface area contributed by atoms with Crippen molar-refractivity contribution < 1.29 is 14.7 Å². The smallest absolute Gasteiger partial charge is 0.317 e. The molecule has 1 saturated heterocycles. The lowest BCUT2D eigenvalue weighted by Crippen LogP contribution is -2.49. The van der Waals surface area contributed by atoms with Crippen LogP contribution in [0.25, 0.3) is 0 Å². The quantitative estimate of drug-likeness (QED) is 0.764. The zero-order chi connectivity index (χ0) is 14.7. The maximum atomic E-state index is 12.4. The topological polar surface area (TPSA) is 69.6 Å². The van der Waals surface area contributed by atoms with Crippen LogP contribution < -0.4 is 5.32 Å². The van der Waals surface area contributed by atoms with Gasteiger partial charge in [0.05, 0.1) is 5.92 Å². The number of carbonyl (C=O) groups is 2. The molecular weight excluding hydrogens is 256 g/mol. The molecule has 2 aliphatic rings. The average molecular weight is 282 g/mol. The highest BCUT2D eigenvalue weighted by Gasteiger charge is 2.38. The number of amides is 2. The number of carboxylic acids is 1. The second-order valence-electron chi connectivity index (χ2n) is 6.34. The second-order valence-corrected chi connectivity index (χ2v) is 6.34. The molecule has 5 heteroatoms. The van der Waals surface area contributed by atoms with Gasteiger partial charge >= 0.3 is 12.0 Å². The number of hydrogen-bond acceptors (Lipinski definition) is 2. The number of aliphatic carboxylic acids is 1. The van der Waals surface area contributed by atoms with Crippen LogP contribution in [0.5, 0.6) is 0 Å². The standard InChI is InChI=1S/C15H26N2O3/c1-10-6-4-3-5-7-13(10)16-15(20)17-9-8-12(11(17)2)14(18)19/h10-13H,3-9H2,1-2H3,(H,16,20)(H,18,19). The fourth-order valence-electron chi connectivity index (χ4n) is 3.51. The summed E-state index contributed by atoms with van der Waals surface area (Å²) in [6.45, 7) is 4.58. The Morgan fingerprint density at radius 2 is 1.80 bits per heavy atom. The number of nitrogens with one attached hydrogen (secondary N) is 1. The molecule has 20 heavy (non-hydrogen) atoms. The SMILES string of the molecule is CC1CCCCCC1NC(=O)N1CCC(C(=O)O)C1C. The fourth-order valence-corrected chi connectivity index (χ4v) is 3.51. The van der Waals surface area contributed by atoms with Gasteiger partial charge in [-0.05, 0) is 32.1 Å². The Kier molecular flexibility index (Phi) is 4.89. The van der Waals surface area contributed by atoms with Crippen molar-refractivity contribution in [3.63, 3.8) is 0 Å². The Balaban J connectivity index is 1.93. The van der Waals surface area contributed by atoms with Gasteiger partial charge in [-0.25, -0.2) is 4.79 Å². The highest BCUT2D eigenvalue weighted by Crippen LogP contribution is 2.26. The average Bonchev–Trinajstić information content (AvgIpc) is 2.67. The van der Waals surface area contributed by atoms with Gasteiger partial charge < -0.3 is 15.3 Å². The molecule has 0 aromatic rings. The molecule has 1 saturated carbocycles. The van der Waals surface area contributed by atoms with Crippen molar-refractivity contribution in [2.24, 2.45) is 11.8 Å². The van der Waals surface area contributed by atoms with Crippen LogP contribution in [0, 0.1) is 11.8 Å². The summed E-state index contributed by atoms with van der Waals surface area (Å²) in [5, 5.41) is 12.3. The number of hydrogen-bond donors (Lipinski definition) is 2. The van der Waals surface area contributed by atoms with Crippen LogP contribution in [-0.2, 0) is 4.79 Å². The van der Waals surface area contributed by atoms with Crippen molar-refractivity contribution in [1.29, 1.82) is 0 Å². The Labute approximate surface area is 120 Å². The summed E-state index contributed by atoms with van der Waals surface area (Å²) >= 11 is 0.